The summed E-state index contributed by atoms with van der Waals surface area (Å²) in [5.74, 6) is 0.00853. The van der Waals surface area contributed by atoms with Crippen molar-refractivity contribution in [3.8, 4) is 0 Å². The van der Waals surface area contributed by atoms with Crippen LogP contribution >= 0.6 is 15.9 Å². The summed E-state index contributed by atoms with van der Waals surface area (Å²) in [6, 6.07) is 15.1. The van der Waals surface area contributed by atoms with Crippen molar-refractivity contribution in [3.05, 3.63) is 69.7 Å². The maximum atomic E-state index is 12.2. The summed E-state index contributed by atoms with van der Waals surface area (Å²) in [6.45, 7) is 0.460. The number of primary amides is 1. The Kier molecular flexibility index (Phi) is 4.48. The Balaban J connectivity index is 1.52. The van der Waals surface area contributed by atoms with Gasteiger partial charge in [-0.15, -0.1) is 0 Å². The normalized spacial score (nSPS) is 19.2. The maximum absolute atomic E-state index is 12.2. The summed E-state index contributed by atoms with van der Waals surface area (Å²) < 4.78 is 1.04. The molecule has 0 radical (unpaired) electrons. The first-order chi connectivity index (χ1) is 11.0. The summed E-state index contributed by atoms with van der Waals surface area (Å²) in [7, 11) is 0. The van der Waals surface area contributed by atoms with Gasteiger partial charge in [0, 0.05) is 22.5 Å². The third kappa shape index (κ3) is 3.79. The van der Waals surface area contributed by atoms with E-state index in [0.29, 0.717) is 18.0 Å². The van der Waals surface area contributed by atoms with Crippen LogP contribution in [0.25, 0.3) is 0 Å². The molecule has 0 spiro atoms. The van der Waals surface area contributed by atoms with E-state index in [1.807, 2.05) is 12.1 Å². The van der Waals surface area contributed by atoms with Gasteiger partial charge < -0.3 is 11.1 Å². The van der Waals surface area contributed by atoms with Gasteiger partial charge in [0.25, 0.3) is 0 Å². The van der Waals surface area contributed by atoms with Crippen LogP contribution in [0, 0.1) is 5.92 Å². The van der Waals surface area contributed by atoms with Gasteiger partial charge in [-0.3, -0.25) is 9.59 Å². The minimum Gasteiger partial charge on any atom is -0.366 e. The zero-order valence-electron chi connectivity index (χ0n) is 12.5. The Morgan fingerprint density at radius 2 is 1.74 bits per heavy atom. The fraction of sp³-hybridized carbons (Fsp3) is 0.222. The van der Waals surface area contributed by atoms with Crippen LogP contribution in [0.4, 0.5) is 0 Å². The molecule has 4 nitrogen and oxygen atoms in total. The second kappa shape index (κ2) is 6.54. The van der Waals surface area contributed by atoms with Gasteiger partial charge in [-0.2, -0.15) is 0 Å². The van der Waals surface area contributed by atoms with E-state index < -0.39 is 5.91 Å². The minimum absolute atomic E-state index is 0.0565. The molecule has 0 unspecified atom stereocenters. The number of nitrogens with two attached hydrogens (primary N) is 1. The number of carbonyl (C=O) groups excluding carboxylic acids is 2. The molecule has 1 saturated carbocycles. The summed E-state index contributed by atoms with van der Waals surface area (Å²) in [5.41, 5.74) is 7.83. The zero-order valence-corrected chi connectivity index (χ0v) is 14.0. The average Bonchev–Trinajstić information content (AvgIpc) is 3.34. The second-order valence-electron chi connectivity index (χ2n) is 5.78. The first-order valence-corrected chi connectivity index (χ1v) is 8.26. The van der Waals surface area contributed by atoms with Gasteiger partial charge in [-0.05, 0) is 47.7 Å². The van der Waals surface area contributed by atoms with E-state index in [4.69, 9.17) is 5.73 Å². The van der Waals surface area contributed by atoms with E-state index >= 15 is 0 Å². The third-order valence-corrected chi connectivity index (χ3v) is 4.66. The summed E-state index contributed by atoms with van der Waals surface area (Å²) in [4.78, 5) is 23.2. The Hall–Kier alpha value is -2.14. The fourth-order valence-corrected chi connectivity index (χ4v) is 2.93. The molecule has 2 aromatic carbocycles. The summed E-state index contributed by atoms with van der Waals surface area (Å²) >= 11 is 3.42. The van der Waals surface area contributed by atoms with Crippen LogP contribution in [0.2, 0.25) is 0 Å². The molecule has 1 aliphatic carbocycles. The molecule has 0 saturated heterocycles. The maximum Gasteiger partial charge on any atom is 0.248 e. The SMILES string of the molecule is NC(=O)c1ccc(CNC(=O)[C@@H]2C[C@H]2c2ccc(Br)cc2)cc1. The number of benzene rings is 2. The molecule has 0 heterocycles. The number of carbonyl (C=O) groups is 2. The highest BCUT2D eigenvalue weighted by atomic mass is 79.9. The van der Waals surface area contributed by atoms with Crippen LogP contribution in [0.3, 0.4) is 0 Å². The molecule has 1 aliphatic rings. The second-order valence-corrected chi connectivity index (χ2v) is 6.69. The van der Waals surface area contributed by atoms with Crippen LogP contribution in [-0.4, -0.2) is 11.8 Å². The highest BCUT2D eigenvalue weighted by molar-refractivity contribution is 9.10. The molecule has 3 N–H and O–H groups in total. The molecule has 0 bridgehead atoms. The van der Waals surface area contributed by atoms with Crippen molar-refractivity contribution in [2.75, 3.05) is 0 Å². The smallest absolute Gasteiger partial charge is 0.248 e. The Morgan fingerprint density at radius 3 is 2.35 bits per heavy atom. The molecule has 23 heavy (non-hydrogen) atoms. The molecule has 2 amide bonds. The van der Waals surface area contributed by atoms with Crippen LogP contribution in [0.15, 0.2) is 53.0 Å². The van der Waals surface area contributed by atoms with E-state index in [0.717, 1.165) is 16.5 Å². The summed E-state index contributed by atoms with van der Waals surface area (Å²) in [6.07, 6.45) is 0.897. The van der Waals surface area contributed by atoms with Crippen LogP contribution in [-0.2, 0) is 11.3 Å². The number of rotatable bonds is 5. The van der Waals surface area contributed by atoms with Crippen molar-refractivity contribution >= 4 is 27.7 Å². The number of nitrogens with one attached hydrogen (secondary N) is 1. The van der Waals surface area contributed by atoms with E-state index in [2.05, 4.69) is 33.4 Å². The molecular weight excluding hydrogens is 356 g/mol. The monoisotopic (exact) mass is 372 g/mol. The molecule has 1 fully saturated rings. The van der Waals surface area contributed by atoms with Crippen LogP contribution < -0.4 is 11.1 Å². The van der Waals surface area contributed by atoms with Gasteiger partial charge in [-0.25, -0.2) is 0 Å². The lowest BCUT2D eigenvalue weighted by Gasteiger charge is -2.06. The molecule has 118 valence electrons. The highest BCUT2D eigenvalue weighted by Gasteiger charge is 2.43. The first-order valence-electron chi connectivity index (χ1n) is 7.46. The highest BCUT2D eigenvalue weighted by Crippen LogP contribution is 2.47. The molecule has 2 aromatic rings. The number of hydrogen-bond acceptors (Lipinski definition) is 2. The Bertz CT molecular complexity index is 726. The third-order valence-electron chi connectivity index (χ3n) is 4.13. The number of halogens is 1. The fourth-order valence-electron chi connectivity index (χ4n) is 2.67. The van der Waals surface area contributed by atoms with E-state index in [-0.39, 0.29) is 11.8 Å². The predicted octanol–water partition coefficient (Wildman–Crippen LogP) is 2.97. The zero-order chi connectivity index (χ0) is 16.4. The topological polar surface area (TPSA) is 72.2 Å². The summed E-state index contributed by atoms with van der Waals surface area (Å²) in [5, 5.41) is 2.96. The predicted molar refractivity (Wildman–Crippen MR) is 91.8 cm³/mol. The lowest BCUT2D eigenvalue weighted by molar-refractivity contribution is -0.122. The van der Waals surface area contributed by atoms with Gasteiger partial charge in [0.15, 0.2) is 0 Å². The van der Waals surface area contributed by atoms with Crippen LogP contribution in [0.1, 0.15) is 33.8 Å². The van der Waals surface area contributed by atoms with Gasteiger partial charge in [0.2, 0.25) is 11.8 Å². The number of hydrogen-bond donors (Lipinski definition) is 2. The van der Waals surface area contributed by atoms with E-state index in [1.54, 1.807) is 24.3 Å². The molecular formula is C18H17BrN2O2. The van der Waals surface area contributed by atoms with E-state index in [1.165, 1.54) is 5.56 Å². The largest absolute Gasteiger partial charge is 0.366 e. The lowest BCUT2D eigenvalue weighted by Crippen LogP contribution is -2.24. The number of amides is 2. The van der Waals surface area contributed by atoms with Crippen molar-refractivity contribution in [3.63, 3.8) is 0 Å². The van der Waals surface area contributed by atoms with Gasteiger partial charge in [0.1, 0.15) is 0 Å². The molecule has 0 aromatic heterocycles. The molecule has 5 heteroatoms. The standard InChI is InChI=1S/C18H17BrN2O2/c19-14-7-5-12(6-8-14)15-9-16(15)18(23)21-10-11-1-3-13(4-2-11)17(20)22/h1-8,15-16H,9-10H2,(H2,20,22)(H,21,23)/t15-,16+/m0/s1. The minimum atomic E-state index is -0.448. The van der Waals surface area contributed by atoms with Crippen LogP contribution in [0.5, 0.6) is 0 Å². The van der Waals surface area contributed by atoms with Crippen molar-refractivity contribution in [1.82, 2.24) is 5.32 Å². The van der Waals surface area contributed by atoms with Crippen molar-refractivity contribution in [2.24, 2.45) is 11.7 Å². The molecule has 3 rings (SSSR count). The molecule has 0 aliphatic heterocycles. The van der Waals surface area contributed by atoms with E-state index in [9.17, 15) is 9.59 Å². The van der Waals surface area contributed by atoms with Crippen molar-refractivity contribution in [2.45, 2.75) is 18.9 Å². The Morgan fingerprint density at radius 1 is 1.09 bits per heavy atom. The average molecular weight is 373 g/mol. The first kappa shape index (κ1) is 15.7. The van der Waals surface area contributed by atoms with Crippen molar-refractivity contribution in [1.29, 1.82) is 0 Å². The quantitative estimate of drug-likeness (QED) is 0.846. The lowest BCUT2D eigenvalue weighted by atomic mass is 10.1. The van der Waals surface area contributed by atoms with Crippen molar-refractivity contribution < 1.29 is 9.59 Å². The Labute approximate surface area is 143 Å². The van der Waals surface area contributed by atoms with Gasteiger partial charge >= 0.3 is 0 Å². The molecule has 2 atom stereocenters. The van der Waals surface area contributed by atoms with Gasteiger partial charge in [-0.1, -0.05) is 40.2 Å². The van der Waals surface area contributed by atoms with Gasteiger partial charge in [0.05, 0.1) is 0 Å².